The van der Waals surface area contributed by atoms with Crippen molar-refractivity contribution < 1.29 is 9.53 Å². The van der Waals surface area contributed by atoms with Crippen molar-refractivity contribution in [2.45, 2.75) is 26.7 Å². The molecule has 1 N–H and O–H groups in total. The van der Waals surface area contributed by atoms with E-state index in [1.54, 1.807) is 0 Å². The maximum absolute atomic E-state index is 11.9. The molecule has 0 saturated heterocycles. The molecule has 1 unspecified atom stereocenters. The normalized spacial score (nSPS) is 12.7. The topological polar surface area (TPSA) is 45.3 Å². The van der Waals surface area contributed by atoms with Crippen LogP contribution in [0.25, 0.3) is 10.9 Å². The number of nitrogens with zero attached hydrogens (tertiary/aromatic N) is 1. The third kappa shape index (κ3) is 4.10. The van der Waals surface area contributed by atoms with Crippen LogP contribution in [0.2, 0.25) is 0 Å². The highest BCUT2D eigenvalue weighted by Gasteiger charge is 2.19. The molecule has 2 aromatic rings. The van der Waals surface area contributed by atoms with E-state index in [0.29, 0.717) is 6.61 Å². The number of esters is 1. The molecule has 4 nitrogen and oxygen atoms in total. The number of hydrogen-bond donors (Lipinski definition) is 1. The molecule has 0 fully saturated rings. The molecule has 0 radical (unpaired) electrons. The van der Waals surface area contributed by atoms with Crippen molar-refractivity contribution in [3.8, 4) is 0 Å². The van der Waals surface area contributed by atoms with E-state index in [4.69, 9.17) is 4.74 Å². The number of aromatic amines is 1. The fourth-order valence-corrected chi connectivity index (χ4v) is 2.75. The van der Waals surface area contributed by atoms with Crippen LogP contribution >= 0.6 is 0 Å². The number of benzene rings is 1. The van der Waals surface area contributed by atoms with Crippen LogP contribution in [-0.4, -0.2) is 42.6 Å². The van der Waals surface area contributed by atoms with Gasteiger partial charge in [0.2, 0.25) is 0 Å². The van der Waals surface area contributed by atoms with Gasteiger partial charge in [0.1, 0.15) is 0 Å². The smallest absolute Gasteiger partial charge is 0.310 e. The molecule has 0 amide bonds. The number of fused-ring (bicyclic) bond motifs is 1. The highest BCUT2D eigenvalue weighted by Crippen LogP contribution is 2.18. The Morgan fingerprint density at radius 2 is 2.09 bits per heavy atom. The minimum Gasteiger partial charge on any atom is -0.466 e. The average molecular weight is 302 g/mol. The third-order valence-electron chi connectivity index (χ3n) is 4.08. The summed E-state index contributed by atoms with van der Waals surface area (Å²) in [6.45, 7) is 6.02. The first-order valence-corrected chi connectivity index (χ1v) is 8.05. The first-order valence-electron chi connectivity index (χ1n) is 8.05. The lowest BCUT2D eigenvalue weighted by atomic mass is 10.1. The molecule has 4 heteroatoms. The van der Waals surface area contributed by atoms with E-state index in [0.717, 1.165) is 25.9 Å². The van der Waals surface area contributed by atoms with Crippen LogP contribution in [0.1, 0.15) is 25.8 Å². The maximum Gasteiger partial charge on any atom is 0.310 e. The molecule has 0 saturated carbocycles. The predicted octanol–water partition coefficient (Wildman–Crippen LogP) is 3.23. The van der Waals surface area contributed by atoms with Gasteiger partial charge in [0.05, 0.1) is 12.5 Å². The largest absolute Gasteiger partial charge is 0.466 e. The van der Waals surface area contributed by atoms with Gasteiger partial charge in [-0.25, -0.2) is 0 Å². The van der Waals surface area contributed by atoms with Crippen molar-refractivity contribution in [3.05, 3.63) is 36.0 Å². The van der Waals surface area contributed by atoms with Gasteiger partial charge in [0, 0.05) is 30.2 Å². The van der Waals surface area contributed by atoms with E-state index in [-0.39, 0.29) is 11.9 Å². The number of likely N-dealkylation sites (N-methyl/N-ethyl adjacent to an activating group) is 1. The van der Waals surface area contributed by atoms with E-state index in [9.17, 15) is 4.79 Å². The number of carbonyl (C=O) groups is 1. The van der Waals surface area contributed by atoms with Gasteiger partial charge in [-0.2, -0.15) is 0 Å². The van der Waals surface area contributed by atoms with Gasteiger partial charge in [-0.05, 0) is 38.4 Å². The summed E-state index contributed by atoms with van der Waals surface area (Å²) in [6.07, 6.45) is 3.87. The molecule has 1 heterocycles. The van der Waals surface area contributed by atoms with Gasteiger partial charge in [0.25, 0.3) is 0 Å². The van der Waals surface area contributed by atoms with E-state index in [1.165, 1.54) is 16.5 Å². The van der Waals surface area contributed by atoms with Crippen molar-refractivity contribution >= 4 is 16.9 Å². The quantitative estimate of drug-likeness (QED) is 0.761. The Labute approximate surface area is 132 Å². The monoisotopic (exact) mass is 302 g/mol. The van der Waals surface area contributed by atoms with E-state index >= 15 is 0 Å². The highest BCUT2D eigenvalue weighted by molar-refractivity contribution is 5.83. The summed E-state index contributed by atoms with van der Waals surface area (Å²) < 4.78 is 5.13. The molecule has 0 aliphatic carbocycles. The van der Waals surface area contributed by atoms with Crippen molar-refractivity contribution in [2.75, 3.05) is 26.7 Å². The van der Waals surface area contributed by atoms with Gasteiger partial charge in [-0.3, -0.25) is 4.79 Å². The number of ether oxygens (including phenoxy) is 1. The lowest BCUT2D eigenvalue weighted by Gasteiger charge is -2.21. The molecule has 1 atom stereocenters. The molecule has 1 aromatic heterocycles. The standard InChI is InChI=1S/C18H26N2O2/c1-4-14(18(21)22-5-2)13-20(3)11-10-15-12-19-17-9-7-6-8-16(15)17/h6-9,12,14,19H,4-5,10-11,13H2,1-3H3. The zero-order valence-electron chi connectivity index (χ0n) is 13.8. The second-order valence-electron chi connectivity index (χ2n) is 5.73. The van der Waals surface area contributed by atoms with Crippen LogP contribution in [0.4, 0.5) is 0 Å². The zero-order chi connectivity index (χ0) is 15.9. The molecular formula is C18H26N2O2. The second-order valence-corrected chi connectivity index (χ2v) is 5.73. The number of rotatable bonds is 8. The van der Waals surface area contributed by atoms with Gasteiger partial charge in [-0.15, -0.1) is 0 Å². The van der Waals surface area contributed by atoms with Crippen LogP contribution in [0.15, 0.2) is 30.5 Å². The first kappa shape index (κ1) is 16.6. The second kappa shape index (κ2) is 7.99. The molecular weight excluding hydrogens is 276 g/mol. The molecule has 2 rings (SSSR count). The number of hydrogen-bond acceptors (Lipinski definition) is 3. The Morgan fingerprint density at radius 3 is 2.82 bits per heavy atom. The summed E-state index contributed by atoms with van der Waals surface area (Å²) in [5.74, 6) is -0.114. The zero-order valence-corrected chi connectivity index (χ0v) is 13.8. The van der Waals surface area contributed by atoms with Crippen LogP contribution in [0.5, 0.6) is 0 Å². The minimum absolute atomic E-state index is 0.0343. The van der Waals surface area contributed by atoms with Gasteiger partial charge in [0.15, 0.2) is 0 Å². The van der Waals surface area contributed by atoms with Gasteiger partial charge in [-0.1, -0.05) is 25.1 Å². The van der Waals surface area contributed by atoms with Gasteiger partial charge < -0.3 is 14.6 Å². The summed E-state index contributed by atoms with van der Waals surface area (Å²) in [4.78, 5) is 17.4. The van der Waals surface area contributed by atoms with Crippen LogP contribution in [0.3, 0.4) is 0 Å². The SMILES string of the molecule is CCOC(=O)C(CC)CN(C)CCc1c[nH]c2ccccc12. The van der Waals surface area contributed by atoms with Crippen LogP contribution in [0, 0.1) is 5.92 Å². The van der Waals surface area contributed by atoms with Crippen molar-refractivity contribution in [3.63, 3.8) is 0 Å². The summed E-state index contributed by atoms with van der Waals surface area (Å²) in [5, 5.41) is 1.29. The molecule has 1 aromatic carbocycles. The Bertz CT molecular complexity index is 606. The van der Waals surface area contributed by atoms with Crippen molar-refractivity contribution in [1.29, 1.82) is 0 Å². The molecule has 0 spiro atoms. The number of carbonyl (C=O) groups excluding carboxylic acids is 1. The van der Waals surface area contributed by atoms with E-state index in [2.05, 4.69) is 41.3 Å². The molecule has 0 bridgehead atoms. The Balaban J connectivity index is 1.89. The molecule has 22 heavy (non-hydrogen) atoms. The predicted molar refractivity (Wildman–Crippen MR) is 89.9 cm³/mol. The fraction of sp³-hybridized carbons (Fsp3) is 0.500. The fourth-order valence-electron chi connectivity index (χ4n) is 2.75. The van der Waals surface area contributed by atoms with Gasteiger partial charge >= 0.3 is 5.97 Å². The Kier molecular flexibility index (Phi) is 6.01. The van der Waals surface area contributed by atoms with E-state index < -0.39 is 0 Å². The number of nitrogens with one attached hydrogen (secondary N) is 1. The van der Waals surface area contributed by atoms with Crippen LogP contribution < -0.4 is 0 Å². The number of H-pyrrole nitrogens is 1. The average Bonchev–Trinajstić information content (AvgIpc) is 2.94. The van der Waals surface area contributed by atoms with E-state index in [1.807, 2.05) is 19.9 Å². The summed E-state index contributed by atoms with van der Waals surface area (Å²) in [6, 6.07) is 8.35. The third-order valence-corrected chi connectivity index (χ3v) is 4.08. The summed E-state index contributed by atoms with van der Waals surface area (Å²) in [5.41, 5.74) is 2.50. The Morgan fingerprint density at radius 1 is 1.32 bits per heavy atom. The number of para-hydroxylation sites is 1. The maximum atomic E-state index is 11.9. The number of aromatic nitrogens is 1. The van der Waals surface area contributed by atoms with Crippen molar-refractivity contribution in [2.24, 2.45) is 5.92 Å². The molecule has 0 aliphatic rings. The molecule has 120 valence electrons. The molecule has 0 aliphatic heterocycles. The lowest BCUT2D eigenvalue weighted by molar-refractivity contribution is -0.148. The van der Waals surface area contributed by atoms with Crippen molar-refractivity contribution in [1.82, 2.24) is 9.88 Å². The first-order chi connectivity index (χ1) is 10.7. The van der Waals surface area contributed by atoms with Crippen LogP contribution in [-0.2, 0) is 16.0 Å². The Hall–Kier alpha value is -1.81. The summed E-state index contributed by atoms with van der Waals surface area (Å²) in [7, 11) is 2.07. The minimum atomic E-state index is -0.0797. The summed E-state index contributed by atoms with van der Waals surface area (Å²) >= 11 is 0. The highest BCUT2D eigenvalue weighted by atomic mass is 16.5. The lowest BCUT2D eigenvalue weighted by Crippen LogP contribution is -2.32.